The second kappa shape index (κ2) is 10.6. The minimum atomic E-state index is -0.570. The Balaban J connectivity index is 2.11. The highest BCUT2D eigenvalue weighted by Gasteiger charge is 2.25. The fraction of sp³-hybridized carbons (Fsp3) is 0.300. The van der Waals surface area contributed by atoms with Crippen LogP contribution in [0.5, 0.6) is 0 Å². The number of rotatable bonds is 8. The van der Waals surface area contributed by atoms with E-state index < -0.39 is 6.04 Å². The molecule has 2 aromatic rings. The van der Waals surface area contributed by atoms with Gasteiger partial charge in [-0.3, -0.25) is 9.59 Å². The van der Waals surface area contributed by atoms with Crippen molar-refractivity contribution in [1.82, 2.24) is 10.2 Å². The number of carbonyl (C=O) groups excluding carboxylic acids is 2. The van der Waals surface area contributed by atoms with Gasteiger partial charge in [-0.1, -0.05) is 35.3 Å². The summed E-state index contributed by atoms with van der Waals surface area (Å²) in [6.07, 6.45) is 0. The van der Waals surface area contributed by atoms with Gasteiger partial charge in [0, 0.05) is 28.0 Å². The van der Waals surface area contributed by atoms with Gasteiger partial charge in [-0.15, -0.1) is 11.8 Å². The van der Waals surface area contributed by atoms with Crippen LogP contribution in [0.3, 0.4) is 0 Å². The molecule has 0 saturated carbocycles. The van der Waals surface area contributed by atoms with E-state index in [1.807, 2.05) is 31.2 Å². The lowest BCUT2D eigenvalue weighted by Gasteiger charge is -2.28. The zero-order valence-electron chi connectivity index (χ0n) is 15.2. The lowest BCUT2D eigenvalue weighted by atomic mass is 10.1. The summed E-state index contributed by atoms with van der Waals surface area (Å²) in [4.78, 5) is 27.7. The van der Waals surface area contributed by atoms with Crippen molar-refractivity contribution in [2.24, 2.45) is 0 Å². The fourth-order valence-electron chi connectivity index (χ4n) is 2.45. The Bertz CT molecular complexity index is 767. The summed E-state index contributed by atoms with van der Waals surface area (Å²) in [5, 5.41) is 4.06. The largest absolute Gasteiger partial charge is 0.355 e. The average Bonchev–Trinajstić information content (AvgIpc) is 2.66. The Labute approximate surface area is 174 Å². The van der Waals surface area contributed by atoms with Crippen LogP contribution in [-0.2, 0) is 16.1 Å². The Kier molecular flexibility index (Phi) is 8.48. The molecule has 1 unspecified atom stereocenters. The molecule has 1 N–H and O–H groups in total. The van der Waals surface area contributed by atoms with Crippen LogP contribution in [0.15, 0.2) is 53.4 Å². The zero-order valence-corrected chi connectivity index (χ0v) is 17.6. The van der Waals surface area contributed by atoms with E-state index >= 15 is 0 Å². The molecule has 2 amide bonds. The molecular formula is C20H22Cl2N2O2S. The molecule has 0 bridgehead atoms. The third-order valence-electron chi connectivity index (χ3n) is 3.96. The fourth-order valence-corrected chi connectivity index (χ4v) is 3.49. The first-order valence-electron chi connectivity index (χ1n) is 8.60. The van der Waals surface area contributed by atoms with Gasteiger partial charge in [0.2, 0.25) is 11.8 Å². The van der Waals surface area contributed by atoms with Crippen LogP contribution >= 0.6 is 35.0 Å². The molecule has 0 aliphatic carbocycles. The Morgan fingerprint density at radius 3 is 2.15 bits per heavy atom. The maximum atomic E-state index is 12.9. The van der Waals surface area contributed by atoms with Crippen LogP contribution in [0.4, 0.5) is 0 Å². The first kappa shape index (κ1) is 21.6. The van der Waals surface area contributed by atoms with E-state index in [2.05, 4.69) is 5.32 Å². The third-order valence-corrected chi connectivity index (χ3v) is 5.46. The average molecular weight is 425 g/mol. The number of amides is 2. The second-order valence-electron chi connectivity index (χ2n) is 5.96. The summed E-state index contributed by atoms with van der Waals surface area (Å²) in [5.41, 5.74) is 0.917. The number of likely N-dealkylation sites (N-methyl/N-ethyl adjacent to an activating group) is 1. The van der Waals surface area contributed by atoms with E-state index in [1.165, 1.54) is 11.8 Å². The van der Waals surface area contributed by atoms with Crippen LogP contribution in [0.25, 0.3) is 0 Å². The van der Waals surface area contributed by atoms with Crippen molar-refractivity contribution in [3.8, 4) is 0 Å². The number of hydrogen-bond acceptors (Lipinski definition) is 3. The predicted octanol–water partition coefficient (Wildman–Crippen LogP) is 4.64. The molecule has 0 fully saturated rings. The summed E-state index contributed by atoms with van der Waals surface area (Å²) in [6, 6.07) is 14.0. The molecule has 0 spiro atoms. The molecule has 4 nitrogen and oxygen atoms in total. The Morgan fingerprint density at radius 1 is 1.04 bits per heavy atom. The molecule has 2 aromatic carbocycles. The molecule has 0 aromatic heterocycles. The van der Waals surface area contributed by atoms with Crippen molar-refractivity contribution in [2.45, 2.75) is 31.3 Å². The minimum absolute atomic E-state index is 0.108. The summed E-state index contributed by atoms with van der Waals surface area (Å²) in [6.45, 7) is 4.46. The van der Waals surface area contributed by atoms with Gasteiger partial charge in [0.15, 0.2) is 0 Å². The maximum Gasteiger partial charge on any atom is 0.242 e. The van der Waals surface area contributed by atoms with Crippen LogP contribution in [0, 0.1) is 0 Å². The van der Waals surface area contributed by atoms with E-state index in [0.29, 0.717) is 23.1 Å². The van der Waals surface area contributed by atoms with Gasteiger partial charge < -0.3 is 10.2 Å². The molecule has 144 valence electrons. The number of hydrogen-bond donors (Lipinski definition) is 1. The maximum absolute atomic E-state index is 12.9. The molecular weight excluding hydrogens is 403 g/mol. The number of halogens is 2. The van der Waals surface area contributed by atoms with Crippen molar-refractivity contribution >= 4 is 46.8 Å². The van der Waals surface area contributed by atoms with Crippen molar-refractivity contribution in [2.75, 3.05) is 12.3 Å². The number of benzene rings is 2. The van der Waals surface area contributed by atoms with Gasteiger partial charge in [0.05, 0.1) is 5.75 Å². The number of thioether (sulfide) groups is 1. The van der Waals surface area contributed by atoms with Crippen molar-refractivity contribution in [1.29, 1.82) is 0 Å². The van der Waals surface area contributed by atoms with E-state index in [1.54, 1.807) is 36.1 Å². The summed E-state index contributed by atoms with van der Waals surface area (Å²) in [7, 11) is 0. The predicted molar refractivity (Wildman–Crippen MR) is 112 cm³/mol. The van der Waals surface area contributed by atoms with Gasteiger partial charge in [-0.2, -0.15) is 0 Å². The lowest BCUT2D eigenvalue weighted by Crippen LogP contribution is -2.48. The van der Waals surface area contributed by atoms with Crippen LogP contribution in [0.1, 0.15) is 19.4 Å². The highest BCUT2D eigenvalue weighted by molar-refractivity contribution is 8.00. The van der Waals surface area contributed by atoms with E-state index in [9.17, 15) is 9.59 Å². The van der Waals surface area contributed by atoms with Gasteiger partial charge in [-0.05, 0) is 55.8 Å². The quantitative estimate of drug-likeness (QED) is 0.627. The molecule has 0 heterocycles. The summed E-state index contributed by atoms with van der Waals surface area (Å²) >= 11 is 13.2. The monoisotopic (exact) mass is 424 g/mol. The molecule has 0 saturated heterocycles. The first-order chi connectivity index (χ1) is 12.9. The number of nitrogens with one attached hydrogen (secondary N) is 1. The van der Waals surface area contributed by atoms with E-state index in [4.69, 9.17) is 23.2 Å². The van der Waals surface area contributed by atoms with E-state index in [0.717, 1.165) is 10.5 Å². The zero-order chi connectivity index (χ0) is 19.8. The molecule has 0 aliphatic rings. The van der Waals surface area contributed by atoms with Crippen LogP contribution < -0.4 is 5.32 Å². The lowest BCUT2D eigenvalue weighted by molar-refractivity contribution is -0.138. The van der Waals surface area contributed by atoms with Gasteiger partial charge in [0.1, 0.15) is 6.04 Å². The highest BCUT2D eigenvalue weighted by atomic mass is 35.5. The SMILES string of the molecule is CCNC(=O)C(C)N(Cc1ccc(Cl)cc1)C(=O)CSc1ccc(Cl)cc1. The van der Waals surface area contributed by atoms with E-state index in [-0.39, 0.29) is 17.6 Å². The minimum Gasteiger partial charge on any atom is -0.355 e. The van der Waals surface area contributed by atoms with Crippen molar-refractivity contribution in [3.63, 3.8) is 0 Å². The molecule has 1 atom stereocenters. The molecule has 0 radical (unpaired) electrons. The third kappa shape index (κ3) is 6.76. The van der Waals surface area contributed by atoms with Gasteiger partial charge >= 0.3 is 0 Å². The Hall–Kier alpha value is -1.69. The summed E-state index contributed by atoms with van der Waals surface area (Å²) in [5.74, 6) is -0.0427. The van der Waals surface area contributed by atoms with Crippen molar-refractivity contribution < 1.29 is 9.59 Å². The number of nitrogens with zero attached hydrogens (tertiary/aromatic N) is 1. The van der Waals surface area contributed by atoms with Gasteiger partial charge in [-0.25, -0.2) is 0 Å². The normalized spacial score (nSPS) is 11.7. The standard InChI is InChI=1S/C20H22Cl2N2O2S/c1-3-23-20(26)14(2)24(12-15-4-6-16(21)7-5-15)19(25)13-27-18-10-8-17(22)9-11-18/h4-11,14H,3,12-13H2,1-2H3,(H,23,26). The van der Waals surface area contributed by atoms with Crippen molar-refractivity contribution in [3.05, 3.63) is 64.1 Å². The molecule has 0 aliphatic heterocycles. The molecule has 2 rings (SSSR count). The number of carbonyl (C=O) groups is 2. The smallest absolute Gasteiger partial charge is 0.242 e. The topological polar surface area (TPSA) is 49.4 Å². The first-order valence-corrected chi connectivity index (χ1v) is 10.3. The molecule has 7 heteroatoms. The van der Waals surface area contributed by atoms with Crippen LogP contribution in [-0.4, -0.2) is 35.1 Å². The Morgan fingerprint density at radius 2 is 1.59 bits per heavy atom. The summed E-state index contributed by atoms with van der Waals surface area (Å²) < 4.78 is 0. The van der Waals surface area contributed by atoms with Gasteiger partial charge in [0.25, 0.3) is 0 Å². The molecule has 27 heavy (non-hydrogen) atoms. The van der Waals surface area contributed by atoms with Crippen LogP contribution in [0.2, 0.25) is 10.0 Å². The second-order valence-corrected chi connectivity index (χ2v) is 7.88. The highest BCUT2D eigenvalue weighted by Crippen LogP contribution is 2.22.